The molecule has 4 rings (SSSR count). The van der Waals surface area contributed by atoms with E-state index in [4.69, 9.17) is 9.15 Å². The number of rotatable bonds is 10. The van der Waals surface area contributed by atoms with Gasteiger partial charge in [0.1, 0.15) is 17.5 Å². The molecule has 0 spiro atoms. The van der Waals surface area contributed by atoms with Crippen molar-refractivity contribution in [1.29, 1.82) is 0 Å². The standard InChI is InChI=1S/C11H11NOS.C9H19NO.C6H7NO3/c1-3-8(4-1)13-9-5-2-6-10-11(9)12-7-14-10;1-3-5-6-7-9(4-2)10-8-11;1-4-7-5(3-10-4)6(8)9-2/h2,5-8H,1,3-4H2;8-9H,3-7H2,1-2H3,(H,10,11);3H,1-2H3. The lowest BCUT2D eigenvalue weighted by Crippen LogP contribution is -2.26. The molecule has 1 amide bonds. The smallest absolute Gasteiger partial charge is 0.360 e. The summed E-state index contributed by atoms with van der Waals surface area (Å²) in [5.74, 6) is 0.936. The van der Waals surface area contributed by atoms with Crippen molar-refractivity contribution in [3.8, 4) is 5.75 Å². The molecule has 1 N–H and O–H groups in total. The molecule has 2 aromatic heterocycles. The third-order valence-corrected chi connectivity index (χ3v) is 6.43. The van der Waals surface area contributed by atoms with E-state index in [0.29, 0.717) is 18.0 Å². The molecule has 0 aliphatic heterocycles. The van der Waals surface area contributed by atoms with E-state index in [2.05, 4.69) is 39.9 Å². The molecule has 1 saturated carbocycles. The fourth-order valence-electron chi connectivity index (χ4n) is 3.33. The first kappa shape index (κ1) is 28.3. The highest BCUT2D eigenvalue weighted by Gasteiger charge is 2.20. The number of benzene rings is 1. The van der Waals surface area contributed by atoms with Crippen LogP contribution < -0.4 is 10.1 Å². The fourth-order valence-corrected chi connectivity index (χ4v) is 4.02. The summed E-state index contributed by atoms with van der Waals surface area (Å²) >= 11 is 1.66. The summed E-state index contributed by atoms with van der Waals surface area (Å²) in [4.78, 5) is 28.8. The van der Waals surface area contributed by atoms with Crippen LogP contribution in [-0.4, -0.2) is 41.6 Å². The van der Waals surface area contributed by atoms with E-state index in [1.807, 2.05) is 17.6 Å². The Morgan fingerprint density at radius 3 is 2.69 bits per heavy atom. The normalized spacial score (nSPS) is 13.4. The predicted octanol–water partition coefficient (Wildman–Crippen LogP) is 6.09. The zero-order valence-electron chi connectivity index (χ0n) is 21.1. The van der Waals surface area contributed by atoms with Gasteiger partial charge in [-0.25, -0.2) is 14.8 Å². The Labute approximate surface area is 211 Å². The van der Waals surface area contributed by atoms with Crippen LogP contribution in [0.25, 0.3) is 10.2 Å². The summed E-state index contributed by atoms with van der Waals surface area (Å²) < 4.78 is 16.2. The third kappa shape index (κ3) is 9.68. The largest absolute Gasteiger partial charge is 0.488 e. The Bertz CT molecular complexity index is 1020. The lowest BCUT2D eigenvalue weighted by Gasteiger charge is -2.26. The highest BCUT2D eigenvalue weighted by molar-refractivity contribution is 7.16. The highest BCUT2D eigenvalue weighted by atomic mass is 32.1. The third-order valence-electron chi connectivity index (χ3n) is 5.64. The van der Waals surface area contributed by atoms with Crippen molar-refractivity contribution < 1.29 is 23.5 Å². The van der Waals surface area contributed by atoms with Gasteiger partial charge in [-0.05, 0) is 44.2 Å². The number of aryl methyl sites for hydroxylation is 1. The van der Waals surface area contributed by atoms with E-state index in [-0.39, 0.29) is 5.69 Å². The number of amides is 1. The molecule has 1 aliphatic rings. The number of esters is 1. The van der Waals surface area contributed by atoms with Gasteiger partial charge in [0.15, 0.2) is 11.6 Å². The fraction of sp³-hybridized carbons (Fsp3) is 0.538. The lowest BCUT2D eigenvalue weighted by atomic mass is 9.96. The van der Waals surface area contributed by atoms with Gasteiger partial charge in [-0.1, -0.05) is 39.2 Å². The average molecular weight is 504 g/mol. The van der Waals surface area contributed by atoms with Gasteiger partial charge < -0.3 is 19.2 Å². The predicted molar refractivity (Wildman–Crippen MR) is 138 cm³/mol. The Kier molecular flexibility index (Phi) is 12.8. The molecule has 1 fully saturated rings. The SMILES string of the molecule is CCCCCC(CC)NC=O.COC(=O)c1coc(C)n1.c1cc(OC2CCC2)c2ncsc2c1. The number of hydrogen-bond donors (Lipinski definition) is 1. The van der Waals surface area contributed by atoms with Crippen LogP contribution in [0.1, 0.15) is 81.6 Å². The average Bonchev–Trinajstić information content (AvgIpc) is 3.50. The summed E-state index contributed by atoms with van der Waals surface area (Å²) in [5, 5.41) is 2.81. The first-order chi connectivity index (χ1) is 17.0. The van der Waals surface area contributed by atoms with E-state index in [0.717, 1.165) is 30.5 Å². The topological polar surface area (TPSA) is 104 Å². The molecule has 0 saturated heterocycles. The van der Waals surface area contributed by atoms with Gasteiger partial charge in [0.2, 0.25) is 6.41 Å². The van der Waals surface area contributed by atoms with Crippen molar-refractivity contribution in [2.24, 2.45) is 0 Å². The molecule has 9 heteroatoms. The summed E-state index contributed by atoms with van der Waals surface area (Å²) in [6.45, 7) is 5.95. The maximum Gasteiger partial charge on any atom is 0.360 e. The van der Waals surface area contributed by atoms with Gasteiger partial charge in [0.05, 0.1) is 23.4 Å². The molecule has 0 radical (unpaired) electrons. The molecule has 8 nitrogen and oxygen atoms in total. The minimum Gasteiger partial charge on any atom is -0.488 e. The second-order valence-corrected chi connectivity index (χ2v) is 9.14. The van der Waals surface area contributed by atoms with Crippen LogP contribution in [0.2, 0.25) is 0 Å². The number of methoxy groups -OCH3 is 1. The molecule has 0 bridgehead atoms. The zero-order valence-corrected chi connectivity index (χ0v) is 21.9. The van der Waals surface area contributed by atoms with E-state index >= 15 is 0 Å². The number of nitrogens with zero attached hydrogens (tertiary/aromatic N) is 2. The number of hydrogen-bond acceptors (Lipinski definition) is 8. The number of aromatic nitrogens is 2. The van der Waals surface area contributed by atoms with E-state index in [1.54, 1.807) is 18.3 Å². The first-order valence-corrected chi connectivity index (χ1v) is 13.1. The van der Waals surface area contributed by atoms with Crippen molar-refractivity contribution in [3.05, 3.63) is 41.6 Å². The molecular formula is C26H37N3O5S. The van der Waals surface area contributed by atoms with Crippen LogP contribution in [0, 0.1) is 6.92 Å². The molecule has 192 valence electrons. The number of carbonyl (C=O) groups is 2. The van der Waals surface area contributed by atoms with Crippen LogP contribution in [0.5, 0.6) is 5.75 Å². The number of thiazole rings is 1. The van der Waals surface area contributed by atoms with Crippen LogP contribution in [-0.2, 0) is 9.53 Å². The first-order valence-electron chi connectivity index (χ1n) is 12.2. The van der Waals surface area contributed by atoms with E-state index in [9.17, 15) is 9.59 Å². The van der Waals surface area contributed by atoms with Gasteiger partial charge in [0, 0.05) is 13.0 Å². The molecular weight excluding hydrogens is 466 g/mol. The Morgan fingerprint density at radius 1 is 1.31 bits per heavy atom. The highest BCUT2D eigenvalue weighted by Crippen LogP contribution is 2.31. The zero-order chi connectivity index (χ0) is 25.5. The maximum absolute atomic E-state index is 10.7. The number of unbranched alkanes of at least 4 members (excludes halogenated alkanes) is 2. The van der Waals surface area contributed by atoms with Crippen LogP contribution >= 0.6 is 11.3 Å². The minimum absolute atomic E-state index is 0.208. The molecule has 1 atom stereocenters. The molecule has 35 heavy (non-hydrogen) atoms. The number of ether oxygens (including phenoxy) is 2. The van der Waals surface area contributed by atoms with E-state index in [1.165, 1.54) is 56.6 Å². The van der Waals surface area contributed by atoms with Crippen molar-refractivity contribution >= 4 is 33.9 Å². The minimum atomic E-state index is -0.475. The number of carbonyl (C=O) groups excluding carboxylic acids is 2. The molecule has 3 aromatic rings. The van der Waals surface area contributed by atoms with Gasteiger partial charge in [0.25, 0.3) is 0 Å². The van der Waals surface area contributed by atoms with Crippen LogP contribution in [0.3, 0.4) is 0 Å². The second kappa shape index (κ2) is 15.9. The Hall–Kier alpha value is -2.94. The van der Waals surface area contributed by atoms with Crippen molar-refractivity contribution in [1.82, 2.24) is 15.3 Å². The van der Waals surface area contributed by atoms with Gasteiger partial charge >= 0.3 is 5.97 Å². The molecule has 1 aromatic carbocycles. The number of fused-ring (bicyclic) bond motifs is 1. The molecule has 1 aliphatic carbocycles. The maximum atomic E-state index is 10.7. The Balaban J connectivity index is 0.000000189. The summed E-state index contributed by atoms with van der Waals surface area (Å²) in [6, 6.07) is 6.54. The quantitative estimate of drug-likeness (QED) is 0.203. The van der Waals surface area contributed by atoms with Crippen LogP contribution in [0.15, 0.2) is 34.4 Å². The monoisotopic (exact) mass is 503 g/mol. The number of para-hydroxylation sites is 1. The summed E-state index contributed by atoms with van der Waals surface area (Å²) in [5.41, 5.74) is 3.10. The number of nitrogens with one attached hydrogen (secondary N) is 1. The summed E-state index contributed by atoms with van der Waals surface area (Å²) in [7, 11) is 1.30. The Morgan fingerprint density at radius 2 is 2.11 bits per heavy atom. The van der Waals surface area contributed by atoms with Crippen molar-refractivity contribution in [2.75, 3.05) is 7.11 Å². The van der Waals surface area contributed by atoms with E-state index < -0.39 is 5.97 Å². The van der Waals surface area contributed by atoms with Crippen molar-refractivity contribution in [2.45, 2.75) is 84.3 Å². The van der Waals surface area contributed by atoms with Crippen LogP contribution in [0.4, 0.5) is 0 Å². The number of oxazole rings is 1. The second-order valence-electron chi connectivity index (χ2n) is 8.25. The molecule has 2 heterocycles. The lowest BCUT2D eigenvalue weighted by molar-refractivity contribution is -0.110. The molecule has 1 unspecified atom stereocenters. The van der Waals surface area contributed by atoms with Crippen molar-refractivity contribution in [3.63, 3.8) is 0 Å². The van der Waals surface area contributed by atoms with Gasteiger partial charge in [-0.2, -0.15) is 0 Å². The van der Waals surface area contributed by atoms with Gasteiger partial charge in [-0.15, -0.1) is 11.3 Å². The van der Waals surface area contributed by atoms with Gasteiger partial charge in [-0.3, -0.25) is 4.79 Å². The summed E-state index contributed by atoms with van der Waals surface area (Å²) in [6.07, 6.45) is 12.1.